The lowest BCUT2D eigenvalue weighted by Crippen LogP contribution is -2.47. The lowest BCUT2D eigenvalue weighted by atomic mass is 9.68. The van der Waals surface area contributed by atoms with Crippen molar-refractivity contribution in [3.63, 3.8) is 0 Å². The van der Waals surface area contributed by atoms with Crippen molar-refractivity contribution in [2.75, 3.05) is 12.3 Å². The summed E-state index contributed by atoms with van der Waals surface area (Å²) in [6.45, 7) is 5.63. The van der Waals surface area contributed by atoms with E-state index in [9.17, 15) is 9.90 Å². The van der Waals surface area contributed by atoms with E-state index in [-0.39, 0.29) is 12.4 Å². The van der Waals surface area contributed by atoms with Crippen molar-refractivity contribution < 1.29 is 23.4 Å². The summed E-state index contributed by atoms with van der Waals surface area (Å²) >= 11 is 0. The van der Waals surface area contributed by atoms with Gasteiger partial charge in [0.2, 0.25) is 6.23 Å². The lowest BCUT2D eigenvalue weighted by Gasteiger charge is -2.46. The average Bonchev–Trinajstić information content (AvgIpc) is 3.03. The minimum Gasteiger partial charge on any atom is -0.384 e. The lowest BCUT2D eigenvalue weighted by molar-refractivity contribution is -0.147. The molecule has 1 saturated heterocycles. The maximum Gasteiger partial charge on any atom is 0.351 e. The number of nitrogens with zero attached hydrogens (tertiary/aromatic N) is 2. The Labute approximate surface area is 202 Å². The zero-order chi connectivity index (χ0) is 25.4. The molecule has 1 aromatic heterocycles. The molecule has 1 unspecified atom stereocenters. The molecule has 0 aliphatic carbocycles. The molecule has 0 bridgehead atoms. The highest BCUT2D eigenvalue weighted by Crippen LogP contribution is 2.49. The van der Waals surface area contributed by atoms with Crippen molar-refractivity contribution in [2.45, 2.75) is 50.7 Å². The van der Waals surface area contributed by atoms with Crippen LogP contribution in [0.15, 0.2) is 77.7 Å². The summed E-state index contributed by atoms with van der Waals surface area (Å²) in [5.41, 5.74) is 4.55. The van der Waals surface area contributed by atoms with Gasteiger partial charge in [-0.2, -0.15) is 13.8 Å². The molecular formula is C26H29F2N3O4. The number of halogens is 2. The minimum atomic E-state index is -3.76. The number of hydrogen-bond acceptors (Lipinski definition) is 6. The molecule has 3 aromatic rings. The number of aliphatic hydroxyl groups is 1. The van der Waals surface area contributed by atoms with Gasteiger partial charge in [0, 0.05) is 6.20 Å². The molecule has 35 heavy (non-hydrogen) atoms. The molecule has 3 N–H and O–H groups in total. The molecule has 3 atom stereocenters. The Morgan fingerprint density at radius 2 is 1.60 bits per heavy atom. The van der Waals surface area contributed by atoms with E-state index in [1.807, 2.05) is 81.4 Å². The van der Waals surface area contributed by atoms with Crippen LogP contribution in [-0.2, 0) is 15.1 Å². The van der Waals surface area contributed by atoms with Crippen LogP contribution >= 0.6 is 0 Å². The van der Waals surface area contributed by atoms with E-state index >= 15 is 8.78 Å². The number of anilines is 1. The molecule has 0 spiro atoms. The van der Waals surface area contributed by atoms with E-state index in [1.54, 1.807) is 0 Å². The van der Waals surface area contributed by atoms with Gasteiger partial charge in [0.25, 0.3) is 0 Å². The van der Waals surface area contributed by atoms with E-state index in [2.05, 4.69) is 4.98 Å². The summed E-state index contributed by atoms with van der Waals surface area (Å²) in [6, 6.07) is 20.2. The second-order valence-electron chi connectivity index (χ2n) is 9.66. The summed E-state index contributed by atoms with van der Waals surface area (Å²) in [6.07, 6.45) is -4.59. The topological polar surface area (TPSA) is 99.6 Å². The van der Waals surface area contributed by atoms with E-state index in [4.69, 9.17) is 15.2 Å². The first-order chi connectivity index (χ1) is 16.5. The molecule has 1 aliphatic rings. The highest BCUT2D eigenvalue weighted by molar-refractivity contribution is 5.39. The van der Waals surface area contributed by atoms with Gasteiger partial charge in [0.05, 0.1) is 6.61 Å². The van der Waals surface area contributed by atoms with Gasteiger partial charge in [0.1, 0.15) is 17.5 Å². The van der Waals surface area contributed by atoms with Crippen molar-refractivity contribution in [2.24, 2.45) is 5.41 Å². The zero-order valence-corrected chi connectivity index (χ0v) is 19.8. The Kier molecular flexibility index (Phi) is 6.52. The quantitative estimate of drug-likeness (QED) is 0.552. The van der Waals surface area contributed by atoms with Gasteiger partial charge in [-0.15, -0.1) is 0 Å². The van der Waals surface area contributed by atoms with Gasteiger partial charge in [0.15, 0.2) is 6.10 Å². The fraction of sp³-hybridized carbons (Fsp3) is 0.385. The normalized spacial score (nSPS) is 22.3. The van der Waals surface area contributed by atoms with Crippen LogP contribution in [0.1, 0.15) is 38.1 Å². The predicted molar refractivity (Wildman–Crippen MR) is 127 cm³/mol. The van der Waals surface area contributed by atoms with E-state index in [0.717, 1.165) is 17.3 Å². The van der Waals surface area contributed by atoms with Crippen molar-refractivity contribution in [3.05, 3.63) is 94.5 Å². The molecule has 9 heteroatoms. The molecule has 4 rings (SSSR count). The molecule has 1 fully saturated rings. The number of aromatic nitrogens is 2. The van der Waals surface area contributed by atoms with E-state index in [1.165, 1.54) is 6.07 Å². The maximum absolute atomic E-state index is 15.1. The second-order valence-corrected chi connectivity index (χ2v) is 9.66. The van der Waals surface area contributed by atoms with Crippen LogP contribution in [0.2, 0.25) is 0 Å². The zero-order valence-electron chi connectivity index (χ0n) is 19.8. The SMILES string of the molecule is CC(C)(C)C(OC[C@H]1O[C@@H](n2ccc(N)nc2=O)C(F)(F)C1O)(c1ccccc1)c1ccccc1. The second kappa shape index (κ2) is 9.14. The Morgan fingerprint density at radius 3 is 2.09 bits per heavy atom. The molecule has 0 amide bonds. The fourth-order valence-corrected chi connectivity index (χ4v) is 4.68. The third-order valence-corrected chi connectivity index (χ3v) is 6.36. The number of nitrogen functional groups attached to an aromatic ring is 1. The van der Waals surface area contributed by atoms with Gasteiger partial charge < -0.3 is 20.3 Å². The maximum atomic E-state index is 15.1. The smallest absolute Gasteiger partial charge is 0.351 e. The van der Waals surface area contributed by atoms with Crippen LogP contribution in [0, 0.1) is 5.41 Å². The van der Waals surface area contributed by atoms with E-state index in [0.29, 0.717) is 4.57 Å². The van der Waals surface area contributed by atoms with Crippen molar-refractivity contribution in [1.82, 2.24) is 9.55 Å². The van der Waals surface area contributed by atoms with Crippen molar-refractivity contribution in [3.8, 4) is 0 Å². The summed E-state index contributed by atoms with van der Waals surface area (Å²) in [4.78, 5) is 15.7. The number of ether oxygens (including phenoxy) is 2. The number of alkyl halides is 2. The van der Waals surface area contributed by atoms with Crippen LogP contribution in [0.25, 0.3) is 0 Å². The monoisotopic (exact) mass is 485 g/mol. The molecular weight excluding hydrogens is 456 g/mol. The molecule has 186 valence electrons. The summed E-state index contributed by atoms with van der Waals surface area (Å²) < 4.78 is 42.8. The first kappa shape index (κ1) is 25.0. The first-order valence-corrected chi connectivity index (χ1v) is 11.3. The molecule has 2 aromatic carbocycles. The minimum absolute atomic E-state index is 0.103. The Balaban J connectivity index is 1.71. The van der Waals surface area contributed by atoms with Crippen LogP contribution < -0.4 is 11.4 Å². The van der Waals surface area contributed by atoms with Gasteiger partial charge in [-0.05, 0) is 22.6 Å². The van der Waals surface area contributed by atoms with Crippen LogP contribution in [0.5, 0.6) is 0 Å². The Bertz CT molecular complexity index is 1170. The third kappa shape index (κ3) is 4.35. The van der Waals surface area contributed by atoms with Gasteiger partial charge in [-0.3, -0.25) is 4.57 Å². The number of rotatable bonds is 6. The average molecular weight is 486 g/mol. The molecule has 7 nitrogen and oxygen atoms in total. The Morgan fingerprint density at radius 1 is 1.06 bits per heavy atom. The number of nitrogens with two attached hydrogens (primary N) is 1. The number of benzene rings is 2. The highest BCUT2D eigenvalue weighted by atomic mass is 19.3. The predicted octanol–water partition coefficient (Wildman–Crippen LogP) is 3.73. The summed E-state index contributed by atoms with van der Waals surface area (Å²) in [7, 11) is 0. The molecule has 0 saturated carbocycles. The Hall–Kier alpha value is -3.14. The summed E-state index contributed by atoms with van der Waals surface area (Å²) in [5.74, 6) is -3.87. The fourth-order valence-electron chi connectivity index (χ4n) is 4.68. The molecule has 2 heterocycles. The van der Waals surface area contributed by atoms with Crippen LogP contribution in [-0.4, -0.2) is 39.4 Å². The third-order valence-electron chi connectivity index (χ3n) is 6.36. The highest BCUT2D eigenvalue weighted by Gasteiger charge is 2.60. The van der Waals surface area contributed by atoms with Gasteiger partial charge in [-0.1, -0.05) is 81.4 Å². The van der Waals surface area contributed by atoms with E-state index < -0.39 is 41.1 Å². The van der Waals surface area contributed by atoms with Crippen molar-refractivity contribution in [1.29, 1.82) is 0 Å². The van der Waals surface area contributed by atoms with Crippen molar-refractivity contribution >= 4 is 5.82 Å². The van der Waals surface area contributed by atoms with Crippen LogP contribution in [0.3, 0.4) is 0 Å². The van der Waals surface area contributed by atoms with Gasteiger partial charge in [-0.25, -0.2) is 4.79 Å². The summed E-state index contributed by atoms with van der Waals surface area (Å²) in [5, 5.41) is 10.5. The first-order valence-electron chi connectivity index (χ1n) is 11.3. The molecule has 1 aliphatic heterocycles. The molecule has 0 radical (unpaired) electrons. The standard InChI is InChI=1S/C26H29F2N3O4/c1-24(2,3)25(17-10-6-4-7-11-17,18-12-8-5-9-13-18)34-16-19-21(32)26(27,28)22(35-19)31-15-14-20(29)30-23(31)33/h4-15,19,21-22,32H,16H2,1-3H3,(H2,29,30,33)/t19-,21?,22-/m1/s1. The largest absolute Gasteiger partial charge is 0.384 e. The number of hydrogen-bond donors (Lipinski definition) is 2. The van der Waals surface area contributed by atoms with Gasteiger partial charge >= 0.3 is 11.6 Å². The number of aliphatic hydroxyl groups excluding tert-OH is 1. The van der Waals surface area contributed by atoms with Crippen LogP contribution in [0.4, 0.5) is 14.6 Å².